The first kappa shape index (κ1) is 14.2. The standard InChI is InChI=1S/C13H23NO3/c1-13(2,3)6-10(8-15)14-7-11-4-5-12(9-16)17-11/h4-5,10,14-16H,6-9H2,1-3H3. The van der Waals surface area contributed by atoms with Gasteiger partial charge in [-0.15, -0.1) is 0 Å². The predicted octanol–water partition coefficient (Wildman–Crippen LogP) is 1.66. The van der Waals surface area contributed by atoms with Crippen LogP contribution in [-0.4, -0.2) is 22.9 Å². The SMILES string of the molecule is CC(C)(C)CC(CO)NCc1ccc(CO)o1. The lowest BCUT2D eigenvalue weighted by Crippen LogP contribution is -2.35. The normalized spacial score (nSPS) is 13.9. The Morgan fingerprint density at radius 2 is 1.88 bits per heavy atom. The molecule has 1 aromatic rings. The van der Waals surface area contributed by atoms with Crippen molar-refractivity contribution in [3.8, 4) is 0 Å². The fraction of sp³-hybridized carbons (Fsp3) is 0.692. The second kappa shape index (κ2) is 6.19. The molecule has 98 valence electrons. The van der Waals surface area contributed by atoms with Crippen LogP contribution in [0.1, 0.15) is 38.7 Å². The van der Waals surface area contributed by atoms with Crippen molar-refractivity contribution < 1.29 is 14.6 Å². The summed E-state index contributed by atoms with van der Waals surface area (Å²) in [4.78, 5) is 0. The number of rotatable bonds is 6. The van der Waals surface area contributed by atoms with E-state index in [1.54, 1.807) is 6.07 Å². The first-order valence-corrected chi connectivity index (χ1v) is 5.97. The molecule has 0 spiro atoms. The fourth-order valence-corrected chi connectivity index (χ4v) is 1.79. The van der Waals surface area contributed by atoms with Gasteiger partial charge in [0.25, 0.3) is 0 Å². The zero-order valence-corrected chi connectivity index (χ0v) is 10.9. The molecule has 1 heterocycles. The third-order valence-electron chi connectivity index (χ3n) is 2.52. The van der Waals surface area contributed by atoms with Crippen LogP contribution in [0.15, 0.2) is 16.5 Å². The maximum atomic E-state index is 9.29. The molecule has 4 heteroatoms. The van der Waals surface area contributed by atoms with Gasteiger partial charge in [0, 0.05) is 6.04 Å². The third kappa shape index (κ3) is 5.35. The van der Waals surface area contributed by atoms with Crippen molar-refractivity contribution >= 4 is 0 Å². The Balaban J connectivity index is 2.42. The summed E-state index contributed by atoms with van der Waals surface area (Å²) < 4.78 is 5.36. The number of aliphatic hydroxyl groups excluding tert-OH is 2. The molecule has 1 aromatic heterocycles. The molecule has 3 N–H and O–H groups in total. The van der Waals surface area contributed by atoms with Gasteiger partial charge in [-0.1, -0.05) is 20.8 Å². The molecule has 1 atom stereocenters. The quantitative estimate of drug-likeness (QED) is 0.708. The monoisotopic (exact) mass is 241 g/mol. The molecular weight excluding hydrogens is 218 g/mol. The summed E-state index contributed by atoms with van der Waals surface area (Å²) in [6.07, 6.45) is 0.900. The lowest BCUT2D eigenvalue weighted by molar-refractivity contribution is 0.194. The highest BCUT2D eigenvalue weighted by Crippen LogP contribution is 2.20. The first-order chi connectivity index (χ1) is 7.94. The zero-order valence-electron chi connectivity index (χ0n) is 10.9. The van der Waals surface area contributed by atoms with E-state index in [-0.39, 0.29) is 24.7 Å². The molecule has 0 fully saturated rings. The van der Waals surface area contributed by atoms with Crippen LogP contribution in [-0.2, 0) is 13.2 Å². The summed E-state index contributed by atoms with van der Waals surface area (Å²) in [5, 5.41) is 21.4. The van der Waals surface area contributed by atoms with E-state index in [2.05, 4.69) is 26.1 Å². The molecule has 0 radical (unpaired) electrons. The minimum atomic E-state index is -0.0780. The van der Waals surface area contributed by atoms with Gasteiger partial charge in [0.1, 0.15) is 18.1 Å². The van der Waals surface area contributed by atoms with Crippen LogP contribution in [0.3, 0.4) is 0 Å². The smallest absolute Gasteiger partial charge is 0.129 e. The van der Waals surface area contributed by atoms with Crippen molar-refractivity contribution in [2.75, 3.05) is 6.61 Å². The van der Waals surface area contributed by atoms with Crippen molar-refractivity contribution in [3.63, 3.8) is 0 Å². The molecule has 1 rings (SSSR count). The summed E-state index contributed by atoms with van der Waals surface area (Å²) in [5.74, 6) is 1.35. The lowest BCUT2D eigenvalue weighted by Gasteiger charge is -2.25. The van der Waals surface area contributed by atoms with E-state index in [0.29, 0.717) is 12.3 Å². The van der Waals surface area contributed by atoms with Gasteiger partial charge >= 0.3 is 0 Å². The van der Waals surface area contributed by atoms with Crippen molar-refractivity contribution in [1.82, 2.24) is 5.32 Å². The second-order valence-electron chi connectivity index (χ2n) is 5.55. The van der Waals surface area contributed by atoms with Gasteiger partial charge in [-0.25, -0.2) is 0 Å². The van der Waals surface area contributed by atoms with Gasteiger partial charge in [-0.3, -0.25) is 0 Å². The van der Waals surface area contributed by atoms with E-state index in [1.807, 2.05) is 6.07 Å². The van der Waals surface area contributed by atoms with Gasteiger partial charge in [-0.05, 0) is 24.0 Å². The largest absolute Gasteiger partial charge is 0.462 e. The van der Waals surface area contributed by atoms with Crippen LogP contribution in [0.5, 0.6) is 0 Å². The van der Waals surface area contributed by atoms with E-state index in [4.69, 9.17) is 9.52 Å². The maximum Gasteiger partial charge on any atom is 0.129 e. The van der Waals surface area contributed by atoms with Crippen LogP contribution in [0, 0.1) is 5.41 Å². The molecule has 0 amide bonds. The Bertz CT molecular complexity index is 328. The molecule has 0 aliphatic carbocycles. The van der Waals surface area contributed by atoms with Crippen LogP contribution >= 0.6 is 0 Å². The molecule has 4 nitrogen and oxygen atoms in total. The fourth-order valence-electron chi connectivity index (χ4n) is 1.79. The molecule has 0 aliphatic rings. The van der Waals surface area contributed by atoms with E-state index in [1.165, 1.54) is 0 Å². The van der Waals surface area contributed by atoms with Gasteiger partial charge in [0.2, 0.25) is 0 Å². The average molecular weight is 241 g/mol. The molecule has 0 aromatic carbocycles. The highest BCUT2D eigenvalue weighted by Gasteiger charge is 2.18. The topological polar surface area (TPSA) is 65.6 Å². The summed E-state index contributed by atoms with van der Waals surface area (Å²) >= 11 is 0. The number of aliphatic hydroxyl groups is 2. The maximum absolute atomic E-state index is 9.29. The van der Waals surface area contributed by atoms with Gasteiger partial charge in [0.15, 0.2) is 0 Å². The molecule has 17 heavy (non-hydrogen) atoms. The minimum Gasteiger partial charge on any atom is -0.462 e. The predicted molar refractivity (Wildman–Crippen MR) is 66.4 cm³/mol. The summed E-state index contributed by atoms with van der Waals surface area (Å²) in [7, 11) is 0. The van der Waals surface area contributed by atoms with E-state index < -0.39 is 0 Å². The summed E-state index contributed by atoms with van der Waals surface area (Å²) in [5.41, 5.74) is 0.180. The van der Waals surface area contributed by atoms with Crippen molar-refractivity contribution in [1.29, 1.82) is 0 Å². The molecule has 0 saturated carbocycles. The van der Waals surface area contributed by atoms with E-state index in [9.17, 15) is 5.11 Å². The third-order valence-corrected chi connectivity index (χ3v) is 2.52. The molecular formula is C13H23NO3. The van der Waals surface area contributed by atoms with Gasteiger partial charge in [-0.2, -0.15) is 0 Å². The summed E-state index contributed by atoms with van der Waals surface area (Å²) in [6, 6.07) is 3.66. The Morgan fingerprint density at radius 1 is 1.24 bits per heavy atom. The number of furan rings is 1. The number of hydrogen-bond donors (Lipinski definition) is 3. The summed E-state index contributed by atoms with van der Waals surface area (Å²) in [6.45, 7) is 7.05. The molecule has 1 unspecified atom stereocenters. The minimum absolute atomic E-state index is 0.0673. The lowest BCUT2D eigenvalue weighted by atomic mass is 9.88. The Kier molecular flexibility index (Phi) is 5.18. The van der Waals surface area contributed by atoms with Gasteiger partial charge in [0.05, 0.1) is 13.2 Å². The highest BCUT2D eigenvalue weighted by atomic mass is 16.4. The van der Waals surface area contributed by atoms with Crippen molar-refractivity contribution in [2.24, 2.45) is 5.41 Å². The van der Waals surface area contributed by atoms with Crippen LogP contribution in [0.4, 0.5) is 0 Å². The van der Waals surface area contributed by atoms with Crippen molar-refractivity contribution in [3.05, 3.63) is 23.7 Å². The Hall–Kier alpha value is -0.840. The second-order valence-corrected chi connectivity index (χ2v) is 5.55. The number of hydrogen-bond acceptors (Lipinski definition) is 4. The number of nitrogens with one attached hydrogen (secondary N) is 1. The van der Waals surface area contributed by atoms with E-state index in [0.717, 1.165) is 12.2 Å². The Morgan fingerprint density at radius 3 is 2.35 bits per heavy atom. The van der Waals surface area contributed by atoms with E-state index >= 15 is 0 Å². The average Bonchev–Trinajstić information content (AvgIpc) is 2.70. The van der Waals surface area contributed by atoms with Crippen molar-refractivity contribution in [2.45, 2.75) is 46.4 Å². The van der Waals surface area contributed by atoms with Gasteiger partial charge < -0.3 is 19.9 Å². The van der Waals surface area contributed by atoms with Crippen LogP contribution in [0.2, 0.25) is 0 Å². The van der Waals surface area contributed by atoms with Crippen LogP contribution < -0.4 is 5.32 Å². The molecule has 0 saturated heterocycles. The molecule has 0 aliphatic heterocycles. The first-order valence-electron chi connectivity index (χ1n) is 5.97. The van der Waals surface area contributed by atoms with Crippen LogP contribution in [0.25, 0.3) is 0 Å². The Labute approximate surface area is 103 Å². The zero-order chi connectivity index (χ0) is 12.9. The highest BCUT2D eigenvalue weighted by molar-refractivity contribution is 5.06. The molecule has 0 bridgehead atoms.